The molecule has 1 amide bonds. The summed E-state index contributed by atoms with van der Waals surface area (Å²) < 4.78 is 7.34. The first-order valence-corrected chi connectivity index (χ1v) is 8.04. The van der Waals surface area contributed by atoms with E-state index in [1.165, 1.54) is 0 Å². The van der Waals surface area contributed by atoms with Crippen molar-refractivity contribution in [1.82, 2.24) is 14.7 Å². The van der Waals surface area contributed by atoms with Gasteiger partial charge in [0, 0.05) is 37.2 Å². The van der Waals surface area contributed by atoms with Crippen molar-refractivity contribution in [1.29, 1.82) is 0 Å². The van der Waals surface area contributed by atoms with Crippen LogP contribution in [0.4, 0.5) is 0 Å². The Balaban J connectivity index is 1.54. The van der Waals surface area contributed by atoms with Crippen LogP contribution in [0.15, 0.2) is 30.5 Å². The lowest BCUT2D eigenvalue weighted by molar-refractivity contribution is -0.131. The maximum absolute atomic E-state index is 12.4. The highest BCUT2D eigenvalue weighted by Gasteiger charge is 2.26. The van der Waals surface area contributed by atoms with Gasteiger partial charge in [0.1, 0.15) is 6.54 Å². The lowest BCUT2D eigenvalue weighted by Gasteiger charge is -2.16. The van der Waals surface area contributed by atoms with Crippen molar-refractivity contribution in [3.8, 4) is 0 Å². The largest absolute Gasteiger partial charge is 0.381 e. The highest BCUT2D eigenvalue weighted by molar-refractivity contribution is 5.80. The van der Waals surface area contributed by atoms with Crippen LogP contribution in [-0.2, 0) is 16.1 Å². The number of fused-ring (bicyclic) bond motifs is 1. The number of likely N-dealkylation sites (tertiary alicyclic amines) is 1. The third-order valence-corrected chi connectivity index (χ3v) is 4.10. The van der Waals surface area contributed by atoms with Crippen LogP contribution in [0.5, 0.6) is 0 Å². The zero-order valence-electron chi connectivity index (χ0n) is 13.1. The van der Waals surface area contributed by atoms with Crippen LogP contribution in [-0.4, -0.2) is 46.9 Å². The van der Waals surface area contributed by atoms with Crippen molar-refractivity contribution in [2.45, 2.75) is 26.3 Å². The standard InChI is InChI=1S/C17H23N3O2/c1-2-9-22-13-14-7-8-19(10-14)17(21)12-20-11-15-5-3-4-6-16(15)18-20/h3-6,11,14H,2,7-10,12-13H2,1H3/t14-/m0/s1. The molecule has 1 aliphatic heterocycles. The number of rotatable bonds is 6. The number of nitrogens with zero attached hydrogens (tertiary/aromatic N) is 3. The zero-order chi connectivity index (χ0) is 15.4. The molecule has 5 nitrogen and oxygen atoms in total. The number of ether oxygens (including phenoxy) is 1. The van der Waals surface area contributed by atoms with Crippen molar-refractivity contribution in [3.05, 3.63) is 30.5 Å². The van der Waals surface area contributed by atoms with Gasteiger partial charge in [0.25, 0.3) is 0 Å². The molecule has 1 aromatic heterocycles. The number of aromatic nitrogens is 2. The SMILES string of the molecule is CCCOC[C@H]1CCN(C(=O)Cn2cc3ccccc3n2)C1. The first-order valence-electron chi connectivity index (χ1n) is 8.04. The Morgan fingerprint density at radius 3 is 3.09 bits per heavy atom. The van der Waals surface area contributed by atoms with E-state index in [1.807, 2.05) is 35.4 Å². The summed E-state index contributed by atoms with van der Waals surface area (Å²) in [5.74, 6) is 0.623. The van der Waals surface area contributed by atoms with Crippen LogP contribution in [0.25, 0.3) is 10.9 Å². The van der Waals surface area contributed by atoms with Crippen molar-refractivity contribution < 1.29 is 9.53 Å². The predicted molar refractivity (Wildman–Crippen MR) is 85.5 cm³/mol. The minimum absolute atomic E-state index is 0.144. The molecule has 0 aliphatic carbocycles. The van der Waals surface area contributed by atoms with Crippen LogP contribution in [0, 0.1) is 5.92 Å². The number of hydrogen-bond acceptors (Lipinski definition) is 3. The van der Waals surface area contributed by atoms with Crippen LogP contribution in [0.2, 0.25) is 0 Å². The minimum atomic E-state index is 0.144. The summed E-state index contributed by atoms with van der Waals surface area (Å²) in [7, 11) is 0. The maximum atomic E-state index is 12.4. The molecule has 0 spiro atoms. The first-order chi connectivity index (χ1) is 10.8. The molecule has 22 heavy (non-hydrogen) atoms. The molecule has 0 saturated carbocycles. The topological polar surface area (TPSA) is 47.4 Å². The molecule has 2 heterocycles. The number of hydrogen-bond donors (Lipinski definition) is 0. The summed E-state index contributed by atoms with van der Waals surface area (Å²) in [4.78, 5) is 14.3. The summed E-state index contributed by atoms with van der Waals surface area (Å²) in [5.41, 5.74) is 0.933. The molecule has 3 rings (SSSR count). The molecule has 2 aromatic rings. The van der Waals surface area contributed by atoms with Gasteiger partial charge in [-0.05, 0) is 18.9 Å². The third-order valence-electron chi connectivity index (χ3n) is 4.10. The monoisotopic (exact) mass is 301 g/mol. The molecule has 0 bridgehead atoms. The maximum Gasteiger partial charge on any atom is 0.244 e. The summed E-state index contributed by atoms with van der Waals surface area (Å²) in [6, 6.07) is 7.92. The lowest BCUT2D eigenvalue weighted by atomic mass is 10.1. The fourth-order valence-corrected chi connectivity index (χ4v) is 2.92. The second kappa shape index (κ2) is 6.92. The predicted octanol–water partition coefficient (Wildman–Crippen LogP) is 2.31. The molecule has 5 heteroatoms. The highest BCUT2D eigenvalue weighted by Crippen LogP contribution is 2.17. The number of amides is 1. The molecule has 0 N–H and O–H groups in total. The Hall–Kier alpha value is -1.88. The molecule has 0 radical (unpaired) electrons. The van der Waals surface area contributed by atoms with E-state index in [-0.39, 0.29) is 5.91 Å². The van der Waals surface area contributed by atoms with Gasteiger partial charge in [-0.3, -0.25) is 9.48 Å². The Morgan fingerprint density at radius 1 is 1.41 bits per heavy atom. The second-order valence-electron chi connectivity index (χ2n) is 5.95. The molecule has 118 valence electrons. The zero-order valence-corrected chi connectivity index (χ0v) is 13.1. The van der Waals surface area contributed by atoms with Gasteiger partial charge in [-0.2, -0.15) is 5.10 Å². The summed E-state index contributed by atoms with van der Waals surface area (Å²) >= 11 is 0. The third kappa shape index (κ3) is 3.47. The quantitative estimate of drug-likeness (QED) is 0.769. The van der Waals surface area contributed by atoms with E-state index >= 15 is 0 Å². The highest BCUT2D eigenvalue weighted by atomic mass is 16.5. The fourth-order valence-electron chi connectivity index (χ4n) is 2.92. The average Bonchev–Trinajstić information content (AvgIpc) is 3.13. The molecule has 1 saturated heterocycles. The van der Waals surface area contributed by atoms with Gasteiger partial charge < -0.3 is 9.64 Å². The van der Waals surface area contributed by atoms with Crippen molar-refractivity contribution in [3.63, 3.8) is 0 Å². The normalized spacial score (nSPS) is 18.2. The molecule has 0 unspecified atom stereocenters. The van der Waals surface area contributed by atoms with E-state index in [0.717, 1.165) is 50.0 Å². The summed E-state index contributed by atoms with van der Waals surface area (Å²) in [6.45, 7) is 5.65. The van der Waals surface area contributed by atoms with E-state index in [2.05, 4.69) is 12.0 Å². The smallest absolute Gasteiger partial charge is 0.244 e. The van der Waals surface area contributed by atoms with Crippen LogP contribution in [0.3, 0.4) is 0 Å². The molecule has 1 aromatic carbocycles. The molecule has 1 aliphatic rings. The van der Waals surface area contributed by atoms with Crippen molar-refractivity contribution in [2.75, 3.05) is 26.3 Å². The van der Waals surface area contributed by atoms with Gasteiger partial charge in [0.05, 0.1) is 12.1 Å². The fraction of sp³-hybridized carbons (Fsp3) is 0.529. The van der Waals surface area contributed by atoms with E-state index in [9.17, 15) is 4.79 Å². The average molecular weight is 301 g/mol. The minimum Gasteiger partial charge on any atom is -0.381 e. The molecular weight excluding hydrogens is 278 g/mol. The Morgan fingerprint density at radius 2 is 2.27 bits per heavy atom. The Labute approximate surface area is 130 Å². The molecule has 1 atom stereocenters. The van der Waals surface area contributed by atoms with Gasteiger partial charge in [0.15, 0.2) is 0 Å². The van der Waals surface area contributed by atoms with E-state index in [4.69, 9.17) is 4.74 Å². The van der Waals surface area contributed by atoms with Crippen LogP contribution < -0.4 is 0 Å². The lowest BCUT2D eigenvalue weighted by Crippen LogP contribution is -2.32. The number of benzene rings is 1. The van der Waals surface area contributed by atoms with Crippen LogP contribution >= 0.6 is 0 Å². The van der Waals surface area contributed by atoms with Gasteiger partial charge in [-0.25, -0.2) is 0 Å². The van der Waals surface area contributed by atoms with Gasteiger partial charge >= 0.3 is 0 Å². The Bertz CT molecular complexity index is 605. The number of carbonyl (C=O) groups is 1. The van der Waals surface area contributed by atoms with Crippen molar-refractivity contribution >= 4 is 16.8 Å². The first kappa shape index (κ1) is 15.0. The van der Waals surface area contributed by atoms with E-state index in [1.54, 1.807) is 4.68 Å². The van der Waals surface area contributed by atoms with E-state index < -0.39 is 0 Å². The van der Waals surface area contributed by atoms with Gasteiger partial charge in [-0.15, -0.1) is 0 Å². The second-order valence-corrected chi connectivity index (χ2v) is 5.95. The van der Waals surface area contributed by atoms with Gasteiger partial charge in [0.2, 0.25) is 5.91 Å². The molecular formula is C17H23N3O2. The number of carbonyl (C=O) groups excluding carboxylic acids is 1. The summed E-state index contributed by atoms with van der Waals surface area (Å²) in [6.07, 6.45) is 4.02. The van der Waals surface area contributed by atoms with Crippen molar-refractivity contribution in [2.24, 2.45) is 5.92 Å². The molecule has 1 fully saturated rings. The Kier molecular flexibility index (Phi) is 4.73. The van der Waals surface area contributed by atoms with Crippen LogP contribution in [0.1, 0.15) is 19.8 Å². The van der Waals surface area contributed by atoms with Gasteiger partial charge in [-0.1, -0.05) is 25.1 Å². The summed E-state index contributed by atoms with van der Waals surface area (Å²) in [5, 5.41) is 5.52. The van der Waals surface area contributed by atoms with E-state index in [0.29, 0.717) is 12.5 Å².